The van der Waals surface area contributed by atoms with Crippen LogP contribution in [0.3, 0.4) is 0 Å². The molecule has 1 unspecified atom stereocenters. The molecule has 1 saturated carbocycles. The van der Waals surface area contributed by atoms with Crippen LogP contribution in [0, 0.1) is 6.92 Å². The fourth-order valence-electron chi connectivity index (χ4n) is 3.06. The predicted molar refractivity (Wildman–Crippen MR) is 87.7 cm³/mol. The Morgan fingerprint density at radius 1 is 1.52 bits per heavy atom. The van der Waals surface area contributed by atoms with Gasteiger partial charge in [-0.25, -0.2) is 4.98 Å². The van der Waals surface area contributed by atoms with Crippen molar-refractivity contribution < 1.29 is 4.79 Å². The topological polar surface area (TPSA) is 45.2 Å². The van der Waals surface area contributed by atoms with Crippen LogP contribution in [0.25, 0.3) is 0 Å². The number of nitrogens with zero attached hydrogens (tertiary/aromatic N) is 2. The number of likely N-dealkylation sites (N-methyl/N-ethyl adjacent to an activating group) is 1. The van der Waals surface area contributed by atoms with Crippen molar-refractivity contribution in [1.29, 1.82) is 0 Å². The van der Waals surface area contributed by atoms with Gasteiger partial charge in [0.05, 0.1) is 17.2 Å². The number of amides is 1. The van der Waals surface area contributed by atoms with Gasteiger partial charge >= 0.3 is 0 Å². The fraction of sp³-hybridized carbons (Fsp3) is 0.750. The number of hydrogen-bond acceptors (Lipinski definition) is 4. The lowest BCUT2D eigenvalue weighted by Crippen LogP contribution is -2.48. The highest BCUT2D eigenvalue weighted by atomic mass is 32.1. The van der Waals surface area contributed by atoms with Gasteiger partial charge in [0.1, 0.15) is 0 Å². The second kappa shape index (κ2) is 7.90. The summed E-state index contributed by atoms with van der Waals surface area (Å²) in [7, 11) is 2.05. The highest BCUT2D eigenvalue weighted by Gasteiger charge is 2.25. The Hall–Kier alpha value is -0.940. The van der Waals surface area contributed by atoms with Gasteiger partial charge in [0.15, 0.2) is 0 Å². The molecule has 5 heteroatoms. The Bertz CT molecular complexity index is 454. The van der Waals surface area contributed by atoms with Crippen molar-refractivity contribution in [2.45, 2.75) is 64.5 Å². The first-order chi connectivity index (χ1) is 10.1. The van der Waals surface area contributed by atoms with E-state index in [1.54, 1.807) is 11.3 Å². The first-order valence-electron chi connectivity index (χ1n) is 8.01. The number of aromatic nitrogens is 1. The zero-order chi connectivity index (χ0) is 15.2. The number of hydrogen-bond donors (Lipinski definition) is 1. The summed E-state index contributed by atoms with van der Waals surface area (Å²) in [5, 5.41) is 3.22. The molecule has 1 atom stereocenters. The smallest absolute Gasteiger partial charge is 0.237 e. The summed E-state index contributed by atoms with van der Waals surface area (Å²) >= 11 is 1.71. The van der Waals surface area contributed by atoms with Gasteiger partial charge in [0.2, 0.25) is 5.91 Å². The van der Waals surface area contributed by atoms with E-state index in [-0.39, 0.29) is 11.9 Å². The highest BCUT2D eigenvalue weighted by molar-refractivity contribution is 7.09. The van der Waals surface area contributed by atoms with Gasteiger partial charge in [-0.1, -0.05) is 19.8 Å². The molecule has 1 amide bonds. The Labute approximate surface area is 132 Å². The van der Waals surface area contributed by atoms with Gasteiger partial charge in [-0.2, -0.15) is 0 Å². The molecule has 0 saturated heterocycles. The molecule has 2 rings (SSSR count). The molecule has 1 heterocycles. The number of carbonyl (C=O) groups is 1. The maximum Gasteiger partial charge on any atom is 0.237 e. The number of nitrogens with one attached hydrogen (secondary N) is 1. The van der Waals surface area contributed by atoms with Crippen molar-refractivity contribution in [2.24, 2.45) is 0 Å². The van der Waals surface area contributed by atoms with Crippen molar-refractivity contribution in [3.63, 3.8) is 0 Å². The van der Waals surface area contributed by atoms with Crippen LogP contribution in [0.1, 0.15) is 49.6 Å². The Morgan fingerprint density at radius 3 is 2.81 bits per heavy atom. The Morgan fingerprint density at radius 2 is 2.24 bits per heavy atom. The molecule has 1 aliphatic rings. The van der Waals surface area contributed by atoms with E-state index in [2.05, 4.69) is 36.1 Å². The van der Waals surface area contributed by atoms with Gasteiger partial charge < -0.3 is 5.32 Å². The Kier molecular flexibility index (Phi) is 6.18. The number of rotatable bonds is 7. The minimum absolute atomic E-state index is 0.0150. The molecule has 0 aliphatic heterocycles. The van der Waals surface area contributed by atoms with E-state index in [0.717, 1.165) is 37.9 Å². The second-order valence-electron chi connectivity index (χ2n) is 6.01. The molecule has 1 fully saturated rings. The standard InChI is InChI=1S/C16H27N3OS/c1-4-14(16(20)18-13-7-5-6-8-13)19(3)10-9-15-12(2)17-11-21-15/h11,13-14H,4-10H2,1-3H3,(H,18,20). The van der Waals surface area contributed by atoms with Crippen LogP contribution >= 0.6 is 11.3 Å². The van der Waals surface area contributed by atoms with Gasteiger partial charge in [-0.3, -0.25) is 9.69 Å². The van der Waals surface area contributed by atoms with Gasteiger partial charge in [0.25, 0.3) is 0 Å². The normalized spacial score (nSPS) is 17.3. The van der Waals surface area contributed by atoms with Crippen molar-refractivity contribution in [2.75, 3.05) is 13.6 Å². The van der Waals surface area contributed by atoms with Gasteiger partial charge in [-0.05, 0) is 39.7 Å². The molecule has 1 aromatic heterocycles. The van der Waals surface area contributed by atoms with E-state index in [1.165, 1.54) is 17.7 Å². The first kappa shape index (κ1) is 16.4. The van der Waals surface area contributed by atoms with Crippen LogP contribution in [0.2, 0.25) is 0 Å². The van der Waals surface area contributed by atoms with E-state index < -0.39 is 0 Å². The van der Waals surface area contributed by atoms with Gasteiger partial charge in [0, 0.05) is 17.5 Å². The van der Waals surface area contributed by atoms with Crippen LogP contribution in [-0.2, 0) is 11.2 Å². The molecule has 1 aromatic rings. The summed E-state index contributed by atoms with van der Waals surface area (Å²) in [6, 6.07) is 0.391. The molecule has 1 aliphatic carbocycles. The van der Waals surface area contributed by atoms with Gasteiger partial charge in [-0.15, -0.1) is 11.3 Å². The summed E-state index contributed by atoms with van der Waals surface area (Å²) in [4.78, 5) is 20.2. The van der Waals surface area contributed by atoms with E-state index in [9.17, 15) is 4.79 Å². The maximum atomic E-state index is 12.4. The number of carbonyl (C=O) groups excluding carboxylic acids is 1. The lowest BCUT2D eigenvalue weighted by Gasteiger charge is -2.27. The zero-order valence-corrected chi connectivity index (χ0v) is 14.2. The zero-order valence-electron chi connectivity index (χ0n) is 13.4. The molecule has 0 spiro atoms. The predicted octanol–water partition coefficient (Wildman–Crippen LogP) is 2.76. The maximum absolute atomic E-state index is 12.4. The molecular formula is C16H27N3OS. The molecule has 0 bridgehead atoms. The molecule has 118 valence electrons. The summed E-state index contributed by atoms with van der Waals surface area (Å²) in [5.74, 6) is 0.202. The highest BCUT2D eigenvalue weighted by Crippen LogP contribution is 2.18. The number of thiazole rings is 1. The molecule has 4 nitrogen and oxygen atoms in total. The first-order valence-corrected chi connectivity index (χ1v) is 8.89. The van der Waals surface area contributed by atoms with Crippen LogP contribution in [0.15, 0.2) is 5.51 Å². The molecule has 0 aromatic carbocycles. The largest absolute Gasteiger partial charge is 0.352 e. The third-order valence-electron chi connectivity index (χ3n) is 4.46. The summed E-state index contributed by atoms with van der Waals surface area (Å²) in [6.45, 7) is 5.04. The molecule has 1 N–H and O–H groups in total. The number of aryl methyl sites for hydroxylation is 1. The Balaban J connectivity index is 1.83. The van der Waals surface area contributed by atoms with Crippen LogP contribution in [0.5, 0.6) is 0 Å². The van der Waals surface area contributed by atoms with Crippen molar-refractivity contribution in [3.05, 3.63) is 16.1 Å². The van der Waals surface area contributed by atoms with Crippen LogP contribution < -0.4 is 5.32 Å². The minimum atomic E-state index is -0.0150. The SMILES string of the molecule is CCC(C(=O)NC1CCCC1)N(C)CCc1scnc1C. The van der Waals surface area contributed by atoms with Crippen molar-refractivity contribution in [1.82, 2.24) is 15.2 Å². The lowest BCUT2D eigenvalue weighted by atomic mass is 10.1. The molecule has 21 heavy (non-hydrogen) atoms. The van der Waals surface area contributed by atoms with E-state index in [4.69, 9.17) is 0 Å². The monoisotopic (exact) mass is 309 g/mol. The van der Waals surface area contributed by atoms with Crippen molar-refractivity contribution >= 4 is 17.2 Å². The van der Waals surface area contributed by atoms with Crippen LogP contribution in [-0.4, -0.2) is 41.5 Å². The van der Waals surface area contributed by atoms with Crippen molar-refractivity contribution in [3.8, 4) is 0 Å². The molecule has 0 radical (unpaired) electrons. The summed E-state index contributed by atoms with van der Waals surface area (Å²) in [5.41, 5.74) is 3.02. The quantitative estimate of drug-likeness (QED) is 0.842. The van der Waals surface area contributed by atoms with Crippen LogP contribution in [0.4, 0.5) is 0 Å². The molecular weight excluding hydrogens is 282 g/mol. The summed E-state index contributed by atoms with van der Waals surface area (Å²) < 4.78 is 0. The lowest BCUT2D eigenvalue weighted by molar-refractivity contribution is -0.126. The average Bonchev–Trinajstić information content (AvgIpc) is 3.09. The third kappa shape index (κ3) is 4.51. The summed E-state index contributed by atoms with van der Waals surface area (Å²) in [6.07, 6.45) is 6.62. The van der Waals surface area contributed by atoms with E-state index in [0.29, 0.717) is 6.04 Å². The van der Waals surface area contributed by atoms with E-state index in [1.807, 2.05) is 5.51 Å². The minimum Gasteiger partial charge on any atom is -0.352 e. The second-order valence-corrected chi connectivity index (χ2v) is 6.94. The fourth-order valence-corrected chi connectivity index (χ4v) is 3.84. The third-order valence-corrected chi connectivity index (χ3v) is 5.45. The van der Waals surface area contributed by atoms with E-state index >= 15 is 0 Å². The average molecular weight is 309 g/mol.